The second kappa shape index (κ2) is 13.0. The average Bonchev–Trinajstić information content (AvgIpc) is 3.86. The maximum absolute atomic E-state index is 13.1. The zero-order valence-corrected chi connectivity index (χ0v) is 23.2. The van der Waals surface area contributed by atoms with Gasteiger partial charge in [0, 0.05) is 38.1 Å². The molecule has 37 heavy (non-hydrogen) atoms. The number of carbonyl (C=O) groups is 3. The number of likely N-dealkylation sites (tertiary alicyclic amines) is 1. The SMILES string of the molecule is CC.CC(=O)[C@H](NC(=O)c1cccc(C2CCCN(C(=O)CN(C3CC3)C3CC3)C2)c1)C1CCCCC1.[HH]. The molecule has 1 saturated heterocycles. The number of piperidine rings is 1. The summed E-state index contributed by atoms with van der Waals surface area (Å²) in [7, 11) is 0. The van der Waals surface area contributed by atoms with Crippen LogP contribution in [0.5, 0.6) is 0 Å². The van der Waals surface area contributed by atoms with Crippen molar-refractivity contribution in [3.8, 4) is 0 Å². The van der Waals surface area contributed by atoms with E-state index in [-0.39, 0.29) is 30.9 Å². The van der Waals surface area contributed by atoms with Crippen molar-refractivity contribution in [2.24, 2.45) is 5.92 Å². The van der Waals surface area contributed by atoms with E-state index in [4.69, 9.17) is 0 Å². The summed E-state index contributed by atoms with van der Waals surface area (Å²) in [6.45, 7) is 7.72. The number of hydrogen-bond acceptors (Lipinski definition) is 4. The highest BCUT2D eigenvalue weighted by atomic mass is 16.2. The molecule has 6 heteroatoms. The van der Waals surface area contributed by atoms with Crippen LogP contribution in [0.1, 0.15) is 115 Å². The van der Waals surface area contributed by atoms with Gasteiger partial charge in [0.1, 0.15) is 0 Å². The summed E-state index contributed by atoms with van der Waals surface area (Å²) >= 11 is 0. The first-order valence-corrected chi connectivity index (χ1v) is 14.9. The van der Waals surface area contributed by atoms with Gasteiger partial charge in [-0.05, 0) is 81.9 Å². The second-order valence-corrected chi connectivity index (χ2v) is 11.4. The van der Waals surface area contributed by atoms with E-state index in [1.807, 2.05) is 36.9 Å². The summed E-state index contributed by atoms with van der Waals surface area (Å²) < 4.78 is 0. The summed E-state index contributed by atoms with van der Waals surface area (Å²) in [6, 6.07) is 8.72. The van der Waals surface area contributed by atoms with Gasteiger partial charge in [-0.25, -0.2) is 0 Å². The number of nitrogens with zero attached hydrogens (tertiary/aromatic N) is 2. The molecule has 2 amide bonds. The van der Waals surface area contributed by atoms with Crippen LogP contribution in [-0.4, -0.2) is 65.2 Å². The molecule has 1 N–H and O–H groups in total. The third-order valence-corrected chi connectivity index (χ3v) is 8.59. The fourth-order valence-corrected chi connectivity index (χ4v) is 6.28. The van der Waals surface area contributed by atoms with Gasteiger partial charge in [0.2, 0.25) is 5.91 Å². The Kier molecular flexibility index (Phi) is 9.80. The number of hydrogen-bond donors (Lipinski definition) is 1. The lowest BCUT2D eigenvalue weighted by atomic mass is 9.82. The number of nitrogens with one attached hydrogen (secondary N) is 1. The Morgan fingerprint density at radius 1 is 0.973 bits per heavy atom. The van der Waals surface area contributed by atoms with Gasteiger partial charge in [-0.1, -0.05) is 45.2 Å². The predicted octanol–water partition coefficient (Wildman–Crippen LogP) is 5.56. The lowest BCUT2D eigenvalue weighted by Crippen LogP contribution is -2.46. The van der Waals surface area contributed by atoms with Crippen LogP contribution in [-0.2, 0) is 9.59 Å². The zero-order valence-electron chi connectivity index (χ0n) is 23.2. The maximum atomic E-state index is 13.1. The van der Waals surface area contributed by atoms with Crippen LogP contribution >= 0.6 is 0 Å². The summed E-state index contributed by atoms with van der Waals surface area (Å²) in [6.07, 6.45) is 12.5. The van der Waals surface area contributed by atoms with Gasteiger partial charge in [-0.3, -0.25) is 19.3 Å². The van der Waals surface area contributed by atoms with Crippen LogP contribution in [0.15, 0.2) is 24.3 Å². The van der Waals surface area contributed by atoms with E-state index in [1.54, 1.807) is 6.92 Å². The van der Waals surface area contributed by atoms with Gasteiger partial charge >= 0.3 is 0 Å². The average molecular weight is 512 g/mol. The second-order valence-electron chi connectivity index (χ2n) is 11.4. The fourth-order valence-electron chi connectivity index (χ4n) is 6.28. The summed E-state index contributed by atoms with van der Waals surface area (Å²) in [5, 5.41) is 3.06. The van der Waals surface area contributed by atoms with Gasteiger partial charge in [-0.2, -0.15) is 0 Å². The maximum Gasteiger partial charge on any atom is 0.251 e. The Balaban J connectivity index is 0.00000130. The highest BCUT2D eigenvalue weighted by molar-refractivity contribution is 5.97. The minimum absolute atomic E-state index is 0. The van der Waals surface area contributed by atoms with Crippen molar-refractivity contribution in [2.45, 2.75) is 115 Å². The smallest absolute Gasteiger partial charge is 0.251 e. The first-order chi connectivity index (χ1) is 18.0. The van der Waals surface area contributed by atoms with Crippen LogP contribution in [0.25, 0.3) is 0 Å². The van der Waals surface area contributed by atoms with Crippen molar-refractivity contribution in [2.75, 3.05) is 19.6 Å². The van der Waals surface area contributed by atoms with Gasteiger partial charge < -0.3 is 10.2 Å². The molecule has 1 aromatic carbocycles. The topological polar surface area (TPSA) is 69.7 Å². The van der Waals surface area contributed by atoms with Crippen molar-refractivity contribution >= 4 is 17.6 Å². The fraction of sp³-hybridized carbons (Fsp3) is 0.710. The normalized spacial score (nSPS) is 23.1. The van der Waals surface area contributed by atoms with E-state index in [0.717, 1.165) is 57.2 Å². The Bertz CT molecular complexity index is 928. The molecule has 1 heterocycles. The van der Waals surface area contributed by atoms with Gasteiger partial charge in [-0.15, -0.1) is 0 Å². The Labute approximate surface area is 225 Å². The summed E-state index contributed by atoms with van der Waals surface area (Å²) in [4.78, 5) is 43.1. The quantitative estimate of drug-likeness (QED) is 0.471. The van der Waals surface area contributed by atoms with E-state index in [2.05, 4.69) is 16.3 Å². The van der Waals surface area contributed by atoms with Gasteiger partial charge in [0.25, 0.3) is 5.91 Å². The first-order valence-electron chi connectivity index (χ1n) is 14.9. The third-order valence-electron chi connectivity index (χ3n) is 8.59. The molecule has 6 nitrogen and oxygen atoms in total. The molecule has 3 aliphatic carbocycles. The van der Waals surface area contributed by atoms with E-state index < -0.39 is 6.04 Å². The molecule has 3 saturated carbocycles. The van der Waals surface area contributed by atoms with Crippen molar-refractivity contribution in [1.29, 1.82) is 0 Å². The van der Waals surface area contributed by atoms with Crippen molar-refractivity contribution in [3.05, 3.63) is 35.4 Å². The molecule has 1 unspecified atom stereocenters. The summed E-state index contributed by atoms with van der Waals surface area (Å²) in [5.74, 6) is 0.647. The Morgan fingerprint density at radius 2 is 1.65 bits per heavy atom. The van der Waals surface area contributed by atoms with Crippen LogP contribution in [0.3, 0.4) is 0 Å². The number of ketones is 1. The molecule has 206 valence electrons. The highest BCUT2D eigenvalue weighted by Gasteiger charge is 2.41. The standard InChI is InChI=1S/C29H41N3O3.C2H6.H2/c1-20(33)28(21-7-3-2-4-8-21)30-29(35)23-10-5-9-22(17-23)24-11-6-16-31(18-24)27(34)19-32(25-12-13-25)26-14-15-26;1-2;/h5,9-10,17,21,24-26,28H,2-4,6-8,11-16,18-19H2,1H3,(H,30,35);1-2H3;1H/t24?,28-;;/m0../s1. The number of rotatable bonds is 9. The van der Waals surface area contributed by atoms with Crippen LogP contribution < -0.4 is 5.32 Å². The third kappa shape index (κ3) is 7.43. The molecule has 0 spiro atoms. The summed E-state index contributed by atoms with van der Waals surface area (Å²) in [5.41, 5.74) is 1.73. The van der Waals surface area contributed by atoms with Crippen LogP contribution in [0.2, 0.25) is 0 Å². The Hall–Kier alpha value is -2.21. The van der Waals surface area contributed by atoms with E-state index in [1.165, 1.54) is 32.1 Å². The van der Waals surface area contributed by atoms with Gasteiger partial charge in [0.15, 0.2) is 5.78 Å². The minimum atomic E-state index is -0.393. The number of amides is 2. The Morgan fingerprint density at radius 3 is 2.27 bits per heavy atom. The van der Waals surface area contributed by atoms with E-state index in [9.17, 15) is 14.4 Å². The number of Topliss-reactive ketones (excluding diaryl/α,β-unsaturated/α-hetero) is 1. The van der Waals surface area contributed by atoms with Gasteiger partial charge in [0.05, 0.1) is 12.6 Å². The van der Waals surface area contributed by atoms with E-state index >= 15 is 0 Å². The number of benzene rings is 1. The molecule has 5 rings (SSSR count). The lowest BCUT2D eigenvalue weighted by molar-refractivity contribution is -0.134. The molecule has 1 aliphatic heterocycles. The van der Waals surface area contributed by atoms with Crippen LogP contribution in [0.4, 0.5) is 0 Å². The molecular formula is C31H49N3O3. The van der Waals surface area contributed by atoms with Crippen molar-refractivity contribution in [3.63, 3.8) is 0 Å². The molecule has 4 fully saturated rings. The zero-order chi connectivity index (χ0) is 26.4. The number of carbonyl (C=O) groups excluding carboxylic acids is 3. The molecule has 4 aliphatic rings. The molecule has 2 atom stereocenters. The largest absolute Gasteiger partial charge is 0.342 e. The minimum Gasteiger partial charge on any atom is -0.342 e. The highest BCUT2D eigenvalue weighted by Crippen LogP contribution is 2.37. The monoisotopic (exact) mass is 511 g/mol. The first kappa shape index (κ1) is 27.8. The van der Waals surface area contributed by atoms with Crippen molar-refractivity contribution in [1.82, 2.24) is 15.1 Å². The van der Waals surface area contributed by atoms with Crippen LogP contribution in [0, 0.1) is 5.92 Å². The predicted molar refractivity (Wildman–Crippen MR) is 150 cm³/mol. The molecule has 0 aromatic heterocycles. The van der Waals surface area contributed by atoms with E-state index in [0.29, 0.717) is 24.2 Å². The molecular weight excluding hydrogens is 462 g/mol. The molecule has 1 aromatic rings. The van der Waals surface area contributed by atoms with Crippen molar-refractivity contribution < 1.29 is 15.8 Å². The molecule has 0 radical (unpaired) electrons. The lowest BCUT2D eigenvalue weighted by Gasteiger charge is -2.35. The molecule has 0 bridgehead atoms.